The number of furan rings is 1. The van der Waals surface area contributed by atoms with E-state index in [2.05, 4.69) is 26.1 Å². The van der Waals surface area contributed by atoms with Crippen molar-refractivity contribution in [3.8, 4) is 5.69 Å². The third kappa shape index (κ3) is 3.00. The van der Waals surface area contributed by atoms with Crippen molar-refractivity contribution >= 4 is 12.1 Å². The highest BCUT2D eigenvalue weighted by Gasteiger charge is 2.05. The van der Waals surface area contributed by atoms with Gasteiger partial charge in [0.25, 0.3) is 5.91 Å². The van der Waals surface area contributed by atoms with Gasteiger partial charge in [0, 0.05) is 5.56 Å². The second-order valence-corrected chi connectivity index (χ2v) is 4.02. The van der Waals surface area contributed by atoms with E-state index < -0.39 is 0 Å². The summed E-state index contributed by atoms with van der Waals surface area (Å²) < 4.78 is 6.55. The molecule has 0 unspecified atom stereocenters. The number of carbonyl (C=O) groups is 1. The minimum absolute atomic E-state index is 0.318. The van der Waals surface area contributed by atoms with Crippen molar-refractivity contribution in [2.75, 3.05) is 0 Å². The smallest absolute Gasteiger partial charge is 0.271 e. The number of aromatic nitrogens is 4. The zero-order chi connectivity index (χ0) is 14.5. The summed E-state index contributed by atoms with van der Waals surface area (Å²) in [5.74, 6) is 0.241. The average Bonchev–Trinajstić information content (AvgIpc) is 3.21. The maximum atomic E-state index is 11.9. The van der Waals surface area contributed by atoms with Crippen LogP contribution in [0.5, 0.6) is 0 Å². The summed E-state index contributed by atoms with van der Waals surface area (Å²) >= 11 is 0. The number of tetrazole rings is 1. The van der Waals surface area contributed by atoms with Crippen LogP contribution in [0, 0.1) is 0 Å². The first-order valence-electron chi connectivity index (χ1n) is 6.03. The number of rotatable bonds is 4. The lowest BCUT2D eigenvalue weighted by atomic mass is 10.2. The van der Waals surface area contributed by atoms with Gasteiger partial charge >= 0.3 is 0 Å². The Hall–Kier alpha value is -3.29. The molecular weight excluding hydrogens is 272 g/mol. The van der Waals surface area contributed by atoms with E-state index in [-0.39, 0.29) is 5.91 Å². The van der Waals surface area contributed by atoms with Crippen LogP contribution < -0.4 is 5.43 Å². The minimum atomic E-state index is -0.318. The Morgan fingerprint density at radius 3 is 2.81 bits per heavy atom. The maximum absolute atomic E-state index is 11.9. The van der Waals surface area contributed by atoms with E-state index in [1.807, 2.05) is 0 Å². The quantitative estimate of drug-likeness (QED) is 0.569. The van der Waals surface area contributed by atoms with Crippen molar-refractivity contribution in [3.63, 3.8) is 0 Å². The fraction of sp³-hybridized carbons (Fsp3) is 0. The Labute approximate surface area is 119 Å². The summed E-state index contributed by atoms with van der Waals surface area (Å²) in [6.45, 7) is 0. The van der Waals surface area contributed by atoms with Gasteiger partial charge in [-0.15, -0.1) is 5.10 Å². The van der Waals surface area contributed by atoms with E-state index >= 15 is 0 Å². The standard InChI is InChI=1S/C13H10N6O2/c20-13(16-14-8-12-2-1-7-21-12)10-3-5-11(6-4-10)19-9-15-17-18-19/h1-9H,(H,16,20)/b14-8+. The molecule has 0 bridgehead atoms. The third-order valence-electron chi connectivity index (χ3n) is 2.64. The average molecular weight is 282 g/mol. The Bertz CT molecular complexity index is 732. The lowest BCUT2D eigenvalue weighted by molar-refractivity contribution is 0.0955. The minimum Gasteiger partial charge on any atom is -0.463 e. The Morgan fingerprint density at radius 2 is 2.14 bits per heavy atom. The zero-order valence-electron chi connectivity index (χ0n) is 10.7. The highest BCUT2D eigenvalue weighted by atomic mass is 16.3. The summed E-state index contributed by atoms with van der Waals surface area (Å²) in [6, 6.07) is 10.3. The van der Waals surface area contributed by atoms with E-state index in [9.17, 15) is 4.79 Å². The van der Waals surface area contributed by atoms with Crippen LogP contribution in [0.2, 0.25) is 0 Å². The zero-order valence-corrected chi connectivity index (χ0v) is 10.7. The number of carbonyl (C=O) groups excluding carboxylic acids is 1. The van der Waals surface area contributed by atoms with E-state index in [0.29, 0.717) is 11.3 Å². The normalized spacial score (nSPS) is 10.9. The molecular formula is C13H10N6O2. The topological polar surface area (TPSA) is 98.2 Å². The SMILES string of the molecule is O=C(N/N=C/c1ccco1)c1ccc(-n2cnnn2)cc1. The van der Waals surface area contributed by atoms with Crippen LogP contribution in [0.25, 0.3) is 5.69 Å². The summed E-state index contributed by atoms with van der Waals surface area (Å²) in [5.41, 5.74) is 3.65. The molecule has 2 aromatic heterocycles. The van der Waals surface area contributed by atoms with Crippen LogP contribution in [0.4, 0.5) is 0 Å². The molecule has 0 saturated heterocycles. The van der Waals surface area contributed by atoms with Crippen molar-refractivity contribution in [1.82, 2.24) is 25.6 Å². The van der Waals surface area contributed by atoms with Gasteiger partial charge in [-0.25, -0.2) is 10.1 Å². The van der Waals surface area contributed by atoms with Crippen molar-refractivity contribution < 1.29 is 9.21 Å². The van der Waals surface area contributed by atoms with Gasteiger partial charge in [-0.05, 0) is 46.8 Å². The van der Waals surface area contributed by atoms with E-state index in [1.54, 1.807) is 36.4 Å². The lowest BCUT2D eigenvalue weighted by Gasteiger charge is -2.02. The number of nitrogens with zero attached hydrogens (tertiary/aromatic N) is 5. The first-order valence-corrected chi connectivity index (χ1v) is 6.03. The molecule has 0 fully saturated rings. The van der Waals surface area contributed by atoms with E-state index in [0.717, 1.165) is 5.69 Å². The van der Waals surface area contributed by atoms with Crippen LogP contribution in [0.3, 0.4) is 0 Å². The predicted molar refractivity (Wildman–Crippen MR) is 72.9 cm³/mol. The largest absolute Gasteiger partial charge is 0.463 e. The van der Waals surface area contributed by atoms with Crippen LogP contribution in [0.15, 0.2) is 58.5 Å². The number of benzene rings is 1. The molecule has 0 aliphatic carbocycles. The molecule has 8 heteroatoms. The molecule has 0 radical (unpaired) electrons. The molecule has 1 amide bonds. The monoisotopic (exact) mass is 282 g/mol. The van der Waals surface area contributed by atoms with Gasteiger partial charge < -0.3 is 4.42 Å². The van der Waals surface area contributed by atoms with Crippen molar-refractivity contribution in [3.05, 3.63) is 60.3 Å². The third-order valence-corrected chi connectivity index (χ3v) is 2.64. The molecule has 104 valence electrons. The van der Waals surface area contributed by atoms with Crippen LogP contribution in [0.1, 0.15) is 16.1 Å². The summed E-state index contributed by atoms with van der Waals surface area (Å²) in [6.07, 6.45) is 4.43. The van der Waals surface area contributed by atoms with Gasteiger partial charge in [-0.2, -0.15) is 5.10 Å². The second kappa shape index (κ2) is 5.78. The van der Waals surface area contributed by atoms with Gasteiger partial charge in [0.15, 0.2) is 0 Å². The van der Waals surface area contributed by atoms with Crippen LogP contribution >= 0.6 is 0 Å². The molecule has 1 N–H and O–H groups in total. The Balaban J connectivity index is 1.65. The van der Waals surface area contributed by atoms with Gasteiger partial charge in [0.2, 0.25) is 0 Å². The molecule has 1 aromatic carbocycles. The number of hydrogen-bond acceptors (Lipinski definition) is 6. The fourth-order valence-electron chi connectivity index (χ4n) is 1.63. The predicted octanol–water partition coefficient (Wildman–Crippen LogP) is 1.02. The molecule has 0 aliphatic rings. The molecule has 0 spiro atoms. The first-order chi connectivity index (χ1) is 10.3. The molecule has 0 saturated carbocycles. The van der Waals surface area contributed by atoms with Crippen LogP contribution in [-0.4, -0.2) is 32.3 Å². The van der Waals surface area contributed by atoms with Gasteiger partial charge in [-0.1, -0.05) is 0 Å². The number of hydrogen-bond donors (Lipinski definition) is 1. The number of amides is 1. The van der Waals surface area contributed by atoms with Crippen LogP contribution in [-0.2, 0) is 0 Å². The first kappa shape index (κ1) is 12.7. The van der Waals surface area contributed by atoms with E-state index in [4.69, 9.17) is 4.42 Å². The Morgan fingerprint density at radius 1 is 1.29 bits per heavy atom. The van der Waals surface area contributed by atoms with Crippen molar-refractivity contribution in [1.29, 1.82) is 0 Å². The molecule has 21 heavy (non-hydrogen) atoms. The van der Waals surface area contributed by atoms with Gasteiger partial charge in [0.1, 0.15) is 12.1 Å². The summed E-state index contributed by atoms with van der Waals surface area (Å²) in [4.78, 5) is 11.9. The van der Waals surface area contributed by atoms with E-state index in [1.165, 1.54) is 23.5 Å². The number of hydrazone groups is 1. The highest BCUT2D eigenvalue weighted by molar-refractivity contribution is 5.94. The Kier molecular flexibility index (Phi) is 3.50. The van der Waals surface area contributed by atoms with Crippen molar-refractivity contribution in [2.45, 2.75) is 0 Å². The molecule has 0 aliphatic heterocycles. The lowest BCUT2D eigenvalue weighted by Crippen LogP contribution is -2.17. The fourth-order valence-corrected chi connectivity index (χ4v) is 1.63. The van der Waals surface area contributed by atoms with Gasteiger partial charge in [-0.3, -0.25) is 4.79 Å². The number of nitrogens with one attached hydrogen (secondary N) is 1. The molecule has 3 rings (SSSR count). The van der Waals surface area contributed by atoms with Crippen molar-refractivity contribution in [2.24, 2.45) is 5.10 Å². The molecule has 0 atom stereocenters. The summed E-state index contributed by atoms with van der Waals surface area (Å²) in [7, 11) is 0. The van der Waals surface area contributed by atoms with Gasteiger partial charge in [0.05, 0.1) is 18.2 Å². The maximum Gasteiger partial charge on any atom is 0.271 e. The molecule has 3 aromatic rings. The second-order valence-electron chi connectivity index (χ2n) is 4.02. The molecule has 2 heterocycles. The highest BCUT2D eigenvalue weighted by Crippen LogP contribution is 2.07. The summed E-state index contributed by atoms with van der Waals surface area (Å²) in [5, 5.41) is 14.7. The molecule has 8 nitrogen and oxygen atoms in total.